The summed E-state index contributed by atoms with van der Waals surface area (Å²) in [6.07, 6.45) is 0. The molecule has 1 N–H and O–H groups in total. The van der Waals surface area contributed by atoms with Crippen molar-refractivity contribution in [2.45, 2.75) is 6.54 Å². The minimum atomic E-state index is -0.198. The summed E-state index contributed by atoms with van der Waals surface area (Å²) >= 11 is 0. The number of nitriles is 1. The molecule has 4 rings (SSSR count). The van der Waals surface area contributed by atoms with Gasteiger partial charge in [0.2, 0.25) is 6.79 Å². The van der Waals surface area contributed by atoms with E-state index in [4.69, 9.17) is 9.47 Å². The molecule has 5 heteroatoms. The van der Waals surface area contributed by atoms with Crippen molar-refractivity contribution in [2.24, 2.45) is 0 Å². The fraction of sp³-hybridized carbons (Fsp3) is 0.0909. The standard InChI is InChI=1S/C22H16N2O3/c23-12-16-5-1-2-6-17(16)18-7-3-4-8-19(18)22(25)24-13-15-9-10-20-21(11-15)27-14-26-20/h1-11H,13-14H2,(H,24,25). The second kappa shape index (κ2) is 7.22. The van der Waals surface area contributed by atoms with Gasteiger partial charge in [-0.1, -0.05) is 42.5 Å². The molecular weight excluding hydrogens is 340 g/mol. The number of benzene rings is 3. The summed E-state index contributed by atoms with van der Waals surface area (Å²) in [6.45, 7) is 0.584. The molecule has 0 atom stereocenters. The van der Waals surface area contributed by atoms with Crippen molar-refractivity contribution in [3.63, 3.8) is 0 Å². The molecule has 0 fully saturated rings. The van der Waals surface area contributed by atoms with Gasteiger partial charge in [0, 0.05) is 17.7 Å². The predicted molar refractivity (Wildman–Crippen MR) is 100 cm³/mol. The normalized spacial score (nSPS) is 11.7. The van der Waals surface area contributed by atoms with Gasteiger partial charge in [-0.15, -0.1) is 0 Å². The Hall–Kier alpha value is -3.78. The van der Waals surface area contributed by atoms with Crippen LogP contribution in [-0.2, 0) is 6.54 Å². The Morgan fingerprint density at radius 1 is 0.963 bits per heavy atom. The van der Waals surface area contributed by atoms with Crippen LogP contribution in [0, 0.1) is 11.3 Å². The van der Waals surface area contributed by atoms with Gasteiger partial charge in [0.05, 0.1) is 11.6 Å². The number of hydrogen-bond acceptors (Lipinski definition) is 4. The third kappa shape index (κ3) is 3.33. The highest BCUT2D eigenvalue weighted by Gasteiger charge is 2.16. The largest absolute Gasteiger partial charge is 0.454 e. The summed E-state index contributed by atoms with van der Waals surface area (Å²) in [5, 5.41) is 12.3. The molecule has 1 amide bonds. The quantitative estimate of drug-likeness (QED) is 0.770. The van der Waals surface area contributed by atoms with Gasteiger partial charge in [0.25, 0.3) is 5.91 Å². The Morgan fingerprint density at radius 2 is 1.70 bits per heavy atom. The van der Waals surface area contributed by atoms with E-state index in [1.165, 1.54) is 0 Å². The fourth-order valence-electron chi connectivity index (χ4n) is 3.06. The van der Waals surface area contributed by atoms with Crippen molar-refractivity contribution in [3.05, 3.63) is 83.4 Å². The molecule has 5 nitrogen and oxygen atoms in total. The second-order valence-corrected chi connectivity index (χ2v) is 6.07. The maximum atomic E-state index is 12.8. The molecule has 0 unspecified atom stereocenters. The zero-order valence-electron chi connectivity index (χ0n) is 14.4. The molecule has 0 radical (unpaired) electrons. The van der Waals surface area contributed by atoms with Crippen molar-refractivity contribution in [3.8, 4) is 28.7 Å². The Balaban J connectivity index is 1.57. The van der Waals surface area contributed by atoms with E-state index in [9.17, 15) is 10.1 Å². The van der Waals surface area contributed by atoms with E-state index in [0.717, 1.165) is 16.7 Å². The maximum absolute atomic E-state index is 12.8. The zero-order chi connectivity index (χ0) is 18.6. The summed E-state index contributed by atoms with van der Waals surface area (Å²) in [4.78, 5) is 12.8. The number of ether oxygens (including phenoxy) is 2. The molecule has 1 aliphatic rings. The topological polar surface area (TPSA) is 71.4 Å². The SMILES string of the molecule is N#Cc1ccccc1-c1ccccc1C(=O)NCc1ccc2c(c1)OCO2. The lowest BCUT2D eigenvalue weighted by molar-refractivity contribution is 0.0951. The number of nitrogens with zero attached hydrogens (tertiary/aromatic N) is 1. The monoisotopic (exact) mass is 356 g/mol. The zero-order valence-corrected chi connectivity index (χ0v) is 14.4. The maximum Gasteiger partial charge on any atom is 0.252 e. The molecule has 0 aromatic heterocycles. The van der Waals surface area contributed by atoms with Crippen LogP contribution in [0.15, 0.2) is 66.7 Å². The molecule has 0 saturated heterocycles. The van der Waals surface area contributed by atoms with E-state index in [1.54, 1.807) is 12.1 Å². The van der Waals surface area contributed by atoms with E-state index in [2.05, 4.69) is 11.4 Å². The highest BCUT2D eigenvalue weighted by atomic mass is 16.7. The molecule has 0 spiro atoms. The number of hydrogen-bond donors (Lipinski definition) is 1. The molecule has 3 aromatic rings. The van der Waals surface area contributed by atoms with Gasteiger partial charge in [0.1, 0.15) is 0 Å². The molecule has 0 aliphatic carbocycles. The summed E-state index contributed by atoms with van der Waals surface area (Å²) in [7, 11) is 0. The highest BCUT2D eigenvalue weighted by molar-refractivity contribution is 6.01. The third-order valence-electron chi connectivity index (χ3n) is 4.40. The van der Waals surface area contributed by atoms with Gasteiger partial charge in [-0.3, -0.25) is 4.79 Å². The van der Waals surface area contributed by atoms with Crippen LogP contribution in [0.2, 0.25) is 0 Å². The fourth-order valence-corrected chi connectivity index (χ4v) is 3.06. The van der Waals surface area contributed by atoms with Crippen LogP contribution < -0.4 is 14.8 Å². The Morgan fingerprint density at radius 3 is 2.56 bits per heavy atom. The van der Waals surface area contributed by atoms with Gasteiger partial charge in [0.15, 0.2) is 11.5 Å². The smallest absolute Gasteiger partial charge is 0.252 e. The van der Waals surface area contributed by atoms with Gasteiger partial charge >= 0.3 is 0 Å². The first-order valence-corrected chi connectivity index (χ1v) is 8.51. The Labute approximate surface area is 156 Å². The molecule has 0 bridgehead atoms. The minimum absolute atomic E-state index is 0.198. The number of amides is 1. The van der Waals surface area contributed by atoms with Crippen LogP contribution in [0.4, 0.5) is 0 Å². The first kappa shape index (κ1) is 16.7. The first-order valence-electron chi connectivity index (χ1n) is 8.51. The average molecular weight is 356 g/mol. The summed E-state index contributed by atoms with van der Waals surface area (Å²) < 4.78 is 10.7. The Kier molecular flexibility index (Phi) is 4.46. The molecule has 132 valence electrons. The molecule has 1 heterocycles. The number of fused-ring (bicyclic) bond motifs is 1. The van der Waals surface area contributed by atoms with E-state index in [-0.39, 0.29) is 12.7 Å². The summed E-state index contributed by atoms with van der Waals surface area (Å²) in [5.41, 5.74) is 3.46. The second-order valence-electron chi connectivity index (χ2n) is 6.07. The molecule has 27 heavy (non-hydrogen) atoms. The predicted octanol–water partition coefficient (Wildman–Crippen LogP) is 3.88. The summed E-state index contributed by atoms with van der Waals surface area (Å²) in [5.74, 6) is 1.20. The lowest BCUT2D eigenvalue weighted by atomic mass is 9.95. The van der Waals surface area contributed by atoms with Gasteiger partial charge in [-0.05, 0) is 35.4 Å². The van der Waals surface area contributed by atoms with Gasteiger partial charge in [-0.25, -0.2) is 0 Å². The van der Waals surface area contributed by atoms with Crippen molar-refractivity contribution in [1.29, 1.82) is 5.26 Å². The van der Waals surface area contributed by atoms with Crippen molar-refractivity contribution in [2.75, 3.05) is 6.79 Å². The third-order valence-corrected chi connectivity index (χ3v) is 4.40. The van der Waals surface area contributed by atoms with Crippen molar-refractivity contribution in [1.82, 2.24) is 5.32 Å². The van der Waals surface area contributed by atoms with E-state index in [1.807, 2.05) is 54.6 Å². The van der Waals surface area contributed by atoms with Crippen LogP contribution in [-0.4, -0.2) is 12.7 Å². The Bertz CT molecular complexity index is 1050. The van der Waals surface area contributed by atoms with Crippen molar-refractivity contribution >= 4 is 5.91 Å². The number of nitrogens with one attached hydrogen (secondary N) is 1. The summed E-state index contributed by atoms with van der Waals surface area (Å²) in [6, 6.07) is 22.3. The van der Waals surface area contributed by atoms with E-state index < -0.39 is 0 Å². The van der Waals surface area contributed by atoms with Crippen LogP contribution in [0.5, 0.6) is 11.5 Å². The van der Waals surface area contributed by atoms with Crippen LogP contribution in [0.25, 0.3) is 11.1 Å². The number of carbonyl (C=O) groups is 1. The lowest BCUT2D eigenvalue weighted by Gasteiger charge is -2.12. The minimum Gasteiger partial charge on any atom is -0.454 e. The van der Waals surface area contributed by atoms with Crippen molar-refractivity contribution < 1.29 is 14.3 Å². The molecular formula is C22H16N2O3. The average Bonchev–Trinajstić information content (AvgIpc) is 3.20. The highest BCUT2D eigenvalue weighted by Crippen LogP contribution is 2.32. The van der Waals surface area contributed by atoms with Gasteiger partial charge in [-0.2, -0.15) is 5.26 Å². The van der Waals surface area contributed by atoms with Gasteiger partial charge < -0.3 is 14.8 Å². The van der Waals surface area contributed by atoms with E-state index >= 15 is 0 Å². The van der Waals surface area contributed by atoms with Crippen LogP contribution >= 0.6 is 0 Å². The molecule has 1 aliphatic heterocycles. The number of rotatable bonds is 4. The molecule has 0 saturated carbocycles. The van der Waals surface area contributed by atoms with E-state index in [0.29, 0.717) is 29.2 Å². The first-order chi connectivity index (χ1) is 13.3. The lowest BCUT2D eigenvalue weighted by Crippen LogP contribution is -2.23. The molecule has 3 aromatic carbocycles. The van der Waals surface area contributed by atoms with Crippen LogP contribution in [0.1, 0.15) is 21.5 Å². The number of carbonyl (C=O) groups excluding carboxylic acids is 1. The van der Waals surface area contributed by atoms with Crippen LogP contribution in [0.3, 0.4) is 0 Å².